The second-order valence-electron chi connectivity index (χ2n) is 3.97. The minimum absolute atomic E-state index is 0. The van der Waals surface area contributed by atoms with Crippen molar-refractivity contribution in [3.05, 3.63) is 60.2 Å². The molecule has 1 atom stereocenters. The van der Waals surface area contributed by atoms with Gasteiger partial charge in [0, 0.05) is 0 Å². The zero-order valence-corrected chi connectivity index (χ0v) is 11.3. The monoisotopic (exact) mass is 298 g/mol. The molecule has 0 radical (unpaired) electrons. The van der Waals surface area contributed by atoms with Crippen LogP contribution in [0.2, 0.25) is 0 Å². The molecular formula is C14H14FeN2O2. The molecule has 0 spiro atoms. The number of rotatable bonds is 2. The molecule has 1 unspecified atom stereocenters. The van der Waals surface area contributed by atoms with Gasteiger partial charge >= 0.3 is 23.1 Å². The van der Waals surface area contributed by atoms with Crippen LogP contribution in [0.5, 0.6) is 0 Å². The van der Waals surface area contributed by atoms with Crippen LogP contribution in [0, 0.1) is 0 Å². The molecular weight excluding hydrogens is 284 g/mol. The number of hydrogen-bond acceptors (Lipinski definition) is 2. The SMILES string of the molecule is O=C1NC(=O)C(C[c-]2cccc2)N1.[Fe+2].c1cc[cH-]c1. The van der Waals surface area contributed by atoms with E-state index in [1.807, 2.05) is 54.6 Å². The fraction of sp³-hybridized carbons (Fsp3) is 0.143. The van der Waals surface area contributed by atoms with Crippen molar-refractivity contribution in [2.45, 2.75) is 12.5 Å². The largest absolute Gasteiger partial charge is 2.00 e. The van der Waals surface area contributed by atoms with Crippen LogP contribution in [0.15, 0.2) is 54.6 Å². The predicted octanol–water partition coefficient (Wildman–Crippen LogP) is 1.56. The Morgan fingerprint density at radius 3 is 2.16 bits per heavy atom. The maximum atomic E-state index is 11.1. The average molecular weight is 298 g/mol. The molecule has 5 heteroatoms. The van der Waals surface area contributed by atoms with E-state index < -0.39 is 12.1 Å². The fourth-order valence-electron chi connectivity index (χ4n) is 1.71. The van der Waals surface area contributed by atoms with E-state index >= 15 is 0 Å². The molecule has 0 aromatic heterocycles. The Morgan fingerprint density at radius 2 is 1.74 bits per heavy atom. The molecule has 1 aliphatic rings. The number of carbonyl (C=O) groups is 2. The predicted molar refractivity (Wildman–Crippen MR) is 68.2 cm³/mol. The third-order valence-electron chi connectivity index (χ3n) is 2.59. The standard InChI is InChI=1S/C9H9N2O2.C5H5.Fe/c12-8-7(10-9(13)11-8)5-6-3-1-2-4-6;1-2-4-5-3-1;/h1-4,7H,5H2,(H2,10,11,12,13);1-5H;/q2*-1;+2. The van der Waals surface area contributed by atoms with Crippen LogP contribution < -0.4 is 10.6 Å². The third kappa shape index (κ3) is 4.73. The van der Waals surface area contributed by atoms with Gasteiger partial charge in [0.25, 0.3) is 0 Å². The fourth-order valence-corrected chi connectivity index (χ4v) is 1.71. The summed E-state index contributed by atoms with van der Waals surface area (Å²) in [6, 6.07) is 16.9. The Bertz CT molecular complexity index is 474. The summed E-state index contributed by atoms with van der Waals surface area (Å²) in [6.07, 6.45) is 0.560. The third-order valence-corrected chi connectivity index (χ3v) is 2.59. The summed E-state index contributed by atoms with van der Waals surface area (Å²) in [6.45, 7) is 0. The van der Waals surface area contributed by atoms with E-state index in [2.05, 4.69) is 10.6 Å². The summed E-state index contributed by atoms with van der Waals surface area (Å²) in [5, 5.41) is 4.73. The van der Waals surface area contributed by atoms with Crippen molar-refractivity contribution in [2.75, 3.05) is 0 Å². The molecule has 2 aromatic carbocycles. The van der Waals surface area contributed by atoms with Crippen LogP contribution >= 0.6 is 0 Å². The maximum Gasteiger partial charge on any atom is 2.00 e. The number of carbonyl (C=O) groups excluding carboxylic acids is 2. The van der Waals surface area contributed by atoms with Gasteiger partial charge in [-0.15, -0.1) is 0 Å². The molecule has 100 valence electrons. The van der Waals surface area contributed by atoms with Crippen molar-refractivity contribution in [3.8, 4) is 0 Å². The minimum atomic E-state index is -0.408. The van der Waals surface area contributed by atoms with E-state index in [4.69, 9.17) is 0 Å². The van der Waals surface area contributed by atoms with Gasteiger partial charge in [-0.2, -0.15) is 35.9 Å². The number of imide groups is 1. The number of amides is 3. The van der Waals surface area contributed by atoms with Gasteiger partial charge in [0.2, 0.25) is 5.91 Å². The molecule has 1 saturated heterocycles. The molecule has 3 amide bonds. The first-order valence-electron chi connectivity index (χ1n) is 5.74. The van der Waals surface area contributed by atoms with Crippen molar-refractivity contribution in [1.82, 2.24) is 10.6 Å². The van der Waals surface area contributed by atoms with E-state index in [1.54, 1.807) is 0 Å². The molecule has 2 N–H and O–H groups in total. The summed E-state index contributed by atoms with van der Waals surface area (Å²) in [4.78, 5) is 21.9. The van der Waals surface area contributed by atoms with Crippen LogP contribution in [-0.2, 0) is 28.3 Å². The van der Waals surface area contributed by atoms with Gasteiger partial charge < -0.3 is 5.32 Å². The van der Waals surface area contributed by atoms with Crippen LogP contribution in [0.25, 0.3) is 0 Å². The van der Waals surface area contributed by atoms with Gasteiger partial charge in [0.05, 0.1) is 0 Å². The number of nitrogens with one attached hydrogen (secondary N) is 2. The van der Waals surface area contributed by atoms with Gasteiger partial charge in [-0.1, -0.05) is 0 Å². The van der Waals surface area contributed by atoms with Gasteiger partial charge in [-0.05, 0) is 6.42 Å². The summed E-state index contributed by atoms with van der Waals surface area (Å²) < 4.78 is 0. The summed E-state index contributed by atoms with van der Waals surface area (Å²) in [7, 11) is 0. The van der Waals surface area contributed by atoms with E-state index in [9.17, 15) is 9.59 Å². The minimum Gasteiger partial charge on any atom is -0.327 e. The molecule has 1 heterocycles. The smallest absolute Gasteiger partial charge is 0.327 e. The van der Waals surface area contributed by atoms with E-state index in [-0.39, 0.29) is 23.0 Å². The van der Waals surface area contributed by atoms with Crippen LogP contribution in [-0.4, -0.2) is 18.0 Å². The summed E-state index contributed by atoms with van der Waals surface area (Å²) in [5.74, 6) is -0.244. The number of urea groups is 1. The topological polar surface area (TPSA) is 58.2 Å². The van der Waals surface area contributed by atoms with Crippen LogP contribution in [0.3, 0.4) is 0 Å². The van der Waals surface area contributed by atoms with E-state index in [1.165, 1.54) is 0 Å². The summed E-state index contributed by atoms with van der Waals surface area (Å²) >= 11 is 0. The van der Waals surface area contributed by atoms with E-state index in [0.29, 0.717) is 6.42 Å². The first kappa shape index (κ1) is 15.2. The van der Waals surface area contributed by atoms with Crippen LogP contribution in [0.1, 0.15) is 5.56 Å². The zero-order valence-electron chi connectivity index (χ0n) is 10.2. The van der Waals surface area contributed by atoms with Gasteiger partial charge in [-0.25, -0.2) is 29.1 Å². The van der Waals surface area contributed by atoms with Crippen molar-refractivity contribution in [1.29, 1.82) is 0 Å². The molecule has 1 fully saturated rings. The van der Waals surface area contributed by atoms with Gasteiger partial charge in [0.1, 0.15) is 6.04 Å². The second-order valence-corrected chi connectivity index (χ2v) is 3.97. The average Bonchev–Trinajstić information content (AvgIpc) is 3.06. The Morgan fingerprint density at radius 1 is 1.11 bits per heavy atom. The molecule has 4 nitrogen and oxygen atoms in total. The first-order chi connectivity index (χ1) is 8.75. The molecule has 1 aliphatic heterocycles. The van der Waals surface area contributed by atoms with Crippen molar-refractivity contribution >= 4 is 11.9 Å². The van der Waals surface area contributed by atoms with E-state index in [0.717, 1.165) is 5.56 Å². The van der Waals surface area contributed by atoms with Gasteiger partial charge in [-0.3, -0.25) is 10.1 Å². The molecule has 2 aromatic rings. The van der Waals surface area contributed by atoms with Crippen molar-refractivity contribution < 1.29 is 26.7 Å². The Balaban J connectivity index is 0.000000256. The molecule has 19 heavy (non-hydrogen) atoms. The van der Waals surface area contributed by atoms with Crippen molar-refractivity contribution in [3.63, 3.8) is 0 Å². The molecule has 3 rings (SSSR count). The number of hydrogen-bond donors (Lipinski definition) is 2. The first-order valence-corrected chi connectivity index (χ1v) is 5.74. The van der Waals surface area contributed by atoms with Crippen LogP contribution in [0.4, 0.5) is 4.79 Å². The Labute approximate surface area is 122 Å². The maximum absolute atomic E-state index is 11.1. The molecule has 0 saturated carbocycles. The van der Waals surface area contributed by atoms with Gasteiger partial charge in [0.15, 0.2) is 0 Å². The summed E-state index contributed by atoms with van der Waals surface area (Å²) in [5.41, 5.74) is 1.06. The Hall–Kier alpha value is -1.84. The Kier molecular flexibility index (Phi) is 6.06. The quantitative estimate of drug-likeness (QED) is 0.502. The normalized spacial score (nSPS) is 16.7. The van der Waals surface area contributed by atoms with Crippen molar-refractivity contribution in [2.24, 2.45) is 0 Å². The molecule has 0 bridgehead atoms. The second kappa shape index (κ2) is 7.56. The molecule has 0 aliphatic carbocycles. The zero-order chi connectivity index (χ0) is 12.8.